The van der Waals surface area contributed by atoms with Crippen LogP contribution < -0.4 is 15.4 Å². The van der Waals surface area contributed by atoms with Crippen molar-refractivity contribution in [3.8, 4) is 5.75 Å². The Morgan fingerprint density at radius 1 is 1.08 bits per heavy atom. The molecular formula is C20H25N3O3. The summed E-state index contributed by atoms with van der Waals surface area (Å²) in [7, 11) is 0. The predicted octanol–water partition coefficient (Wildman–Crippen LogP) is 3.65. The molecule has 2 amide bonds. The van der Waals surface area contributed by atoms with Crippen molar-refractivity contribution >= 4 is 17.5 Å². The maximum absolute atomic E-state index is 12.5. The number of anilines is 1. The highest BCUT2D eigenvalue weighted by Gasteiger charge is 2.13. The second kappa shape index (κ2) is 10.2. The van der Waals surface area contributed by atoms with Crippen molar-refractivity contribution in [2.45, 2.75) is 33.1 Å². The van der Waals surface area contributed by atoms with Crippen LogP contribution >= 0.6 is 0 Å². The molecule has 0 unspecified atom stereocenters. The van der Waals surface area contributed by atoms with E-state index in [9.17, 15) is 9.59 Å². The average Bonchev–Trinajstić information content (AvgIpc) is 2.67. The van der Waals surface area contributed by atoms with Gasteiger partial charge in [-0.2, -0.15) is 0 Å². The van der Waals surface area contributed by atoms with Gasteiger partial charge in [0.05, 0.1) is 12.3 Å². The molecule has 6 heteroatoms. The fraction of sp³-hybridized carbons (Fsp3) is 0.350. The second-order valence-electron chi connectivity index (χ2n) is 5.78. The van der Waals surface area contributed by atoms with Crippen LogP contribution in [0, 0.1) is 0 Å². The van der Waals surface area contributed by atoms with Crippen LogP contribution in [0.1, 0.15) is 54.0 Å². The van der Waals surface area contributed by atoms with Gasteiger partial charge >= 0.3 is 0 Å². The normalized spacial score (nSPS) is 10.2. The lowest BCUT2D eigenvalue weighted by Crippen LogP contribution is -2.25. The summed E-state index contributed by atoms with van der Waals surface area (Å²) < 4.78 is 5.50. The van der Waals surface area contributed by atoms with Crippen molar-refractivity contribution in [2.75, 3.05) is 18.5 Å². The molecule has 0 spiro atoms. The lowest BCUT2D eigenvalue weighted by Gasteiger charge is -2.11. The van der Waals surface area contributed by atoms with E-state index in [1.54, 1.807) is 18.2 Å². The number of ether oxygens (including phenoxy) is 1. The fourth-order valence-corrected chi connectivity index (χ4v) is 2.41. The minimum Gasteiger partial charge on any atom is -0.492 e. The summed E-state index contributed by atoms with van der Waals surface area (Å²) in [5.41, 5.74) is 1.16. The Balaban J connectivity index is 2.05. The van der Waals surface area contributed by atoms with Crippen molar-refractivity contribution in [3.63, 3.8) is 0 Å². The Kier molecular flexibility index (Phi) is 7.61. The predicted molar refractivity (Wildman–Crippen MR) is 102 cm³/mol. The second-order valence-corrected chi connectivity index (χ2v) is 5.78. The molecule has 6 nitrogen and oxygen atoms in total. The van der Waals surface area contributed by atoms with Gasteiger partial charge in [-0.25, -0.2) is 0 Å². The van der Waals surface area contributed by atoms with Crippen LogP contribution in [0.15, 0.2) is 42.6 Å². The molecule has 1 heterocycles. The van der Waals surface area contributed by atoms with Crippen LogP contribution in [0.25, 0.3) is 0 Å². The van der Waals surface area contributed by atoms with Gasteiger partial charge in [-0.15, -0.1) is 0 Å². The SMILES string of the molecule is CCCCCNC(=O)c1ccnc(C(=O)Nc2ccccc2OCC)c1. The highest BCUT2D eigenvalue weighted by molar-refractivity contribution is 6.05. The summed E-state index contributed by atoms with van der Waals surface area (Å²) in [6, 6.07) is 10.3. The van der Waals surface area contributed by atoms with Crippen LogP contribution in [0.5, 0.6) is 5.75 Å². The average molecular weight is 355 g/mol. The molecule has 0 bridgehead atoms. The van der Waals surface area contributed by atoms with Crippen molar-refractivity contribution < 1.29 is 14.3 Å². The lowest BCUT2D eigenvalue weighted by atomic mass is 10.2. The molecule has 0 radical (unpaired) electrons. The summed E-state index contributed by atoms with van der Waals surface area (Å²) in [5, 5.41) is 5.64. The molecule has 0 fully saturated rings. The molecule has 2 rings (SSSR count). The molecule has 138 valence electrons. The van der Waals surface area contributed by atoms with E-state index >= 15 is 0 Å². The van der Waals surface area contributed by atoms with E-state index in [0.29, 0.717) is 30.2 Å². The highest BCUT2D eigenvalue weighted by atomic mass is 16.5. The summed E-state index contributed by atoms with van der Waals surface area (Å²) in [6.07, 6.45) is 4.57. The molecule has 2 N–H and O–H groups in total. The maximum Gasteiger partial charge on any atom is 0.274 e. The van der Waals surface area contributed by atoms with Gasteiger partial charge < -0.3 is 15.4 Å². The molecular weight excluding hydrogens is 330 g/mol. The molecule has 1 aromatic carbocycles. The molecule has 0 aliphatic heterocycles. The van der Waals surface area contributed by atoms with Crippen molar-refractivity contribution in [3.05, 3.63) is 53.9 Å². The smallest absolute Gasteiger partial charge is 0.274 e. The lowest BCUT2D eigenvalue weighted by molar-refractivity contribution is 0.0953. The van der Waals surface area contributed by atoms with Gasteiger partial charge in [0, 0.05) is 18.3 Å². The van der Waals surface area contributed by atoms with Crippen molar-refractivity contribution in [1.29, 1.82) is 0 Å². The molecule has 26 heavy (non-hydrogen) atoms. The van der Waals surface area contributed by atoms with E-state index in [4.69, 9.17) is 4.74 Å². The summed E-state index contributed by atoms with van der Waals surface area (Å²) in [5.74, 6) is -0.00164. The summed E-state index contributed by atoms with van der Waals surface area (Å²) in [6.45, 7) is 5.11. The van der Waals surface area contributed by atoms with Gasteiger partial charge in [0.1, 0.15) is 11.4 Å². The fourth-order valence-electron chi connectivity index (χ4n) is 2.41. The Hall–Kier alpha value is -2.89. The number of aromatic nitrogens is 1. The zero-order valence-corrected chi connectivity index (χ0v) is 15.2. The number of amides is 2. The quantitative estimate of drug-likeness (QED) is 0.673. The summed E-state index contributed by atoms with van der Waals surface area (Å²) in [4.78, 5) is 28.7. The van der Waals surface area contributed by atoms with Gasteiger partial charge in [-0.05, 0) is 37.6 Å². The van der Waals surface area contributed by atoms with Crippen molar-refractivity contribution in [2.24, 2.45) is 0 Å². The Bertz CT molecular complexity index is 747. The van der Waals surface area contributed by atoms with Gasteiger partial charge in [-0.3, -0.25) is 14.6 Å². The van der Waals surface area contributed by atoms with Crippen molar-refractivity contribution in [1.82, 2.24) is 10.3 Å². The Labute approximate surface area is 154 Å². The zero-order valence-electron chi connectivity index (χ0n) is 15.2. The minimum absolute atomic E-state index is 0.178. The van der Waals surface area contributed by atoms with Gasteiger partial charge in [-0.1, -0.05) is 31.9 Å². The number of pyridine rings is 1. The van der Waals surface area contributed by atoms with Crippen LogP contribution in [0.3, 0.4) is 0 Å². The Morgan fingerprint density at radius 2 is 1.88 bits per heavy atom. The van der Waals surface area contributed by atoms with E-state index in [2.05, 4.69) is 22.5 Å². The first-order chi connectivity index (χ1) is 12.7. The van der Waals surface area contributed by atoms with Gasteiger partial charge in [0.2, 0.25) is 0 Å². The largest absolute Gasteiger partial charge is 0.492 e. The molecule has 2 aromatic rings. The van der Waals surface area contributed by atoms with Crippen LogP contribution in [0.4, 0.5) is 5.69 Å². The number of hydrogen-bond donors (Lipinski definition) is 2. The molecule has 0 saturated heterocycles. The minimum atomic E-state index is -0.391. The third-order valence-corrected chi connectivity index (χ3v) is 3.76. The highest BCUT2D eigenvalue weighted by Crippen LogP contribution is 2.24. The number of benzene rings is 1. The first-order valence-electron chi connectivity index (χ1n) is 8.93. The maximum atomic E-state index is 12.5. The van der Waals surface area contributed by atoms with E-state index in [1.165, 1.54) is 12.3 Å². The van der Waals surface area contributed by atoms with E-state index in [0.717, 1.165) is 19.3 Å². The van der Waals surface area contributed by atoms with Gasteiger partial charge in [0.15, 0.2) is 0 Å². The number of carbonyl (C=O) groups is 2. The van der Waals surface area contributed by atoms with Crippen LogP contribution in [0.2, 0.25) is 0 Å². The number of para-hydroxylation sites is 2. The first kappa shape index (κ1) is 19.4. The number of carbonyl (C=O) groups excluding carboxylic acids is 2. The van der Waals surface area contributed by atoms with Crippen LogP contribution in [-0.2, 0) is 0 Å². The van der Waals surface area contributed by atoms with Crippen LogP contribution in [-0.4, -0.2) is 29.9 Å². The number of nitrogens with zero attached hydrogens (tertiary/aromatic N) is 1. The zero-order chi connectivity index (χ0) is 18.8. The van der Waals surface area contributed by atoms with E-state index in [-0.39, 0.29) is 11.6 Å². The third kappa shape index (κ3) is 5.58. The van der Waals surface area contributed by atoms with Gasteiger partial charge in [0.25, 0.3) is 11.8 Å². The molecule has 0 saturated carbocycles. The van der Waals surface area contributed by atoms with E-state index in [1.807, 2.05) is 19.1 Å². The molecule has 0 atom stereocenters. The Morgan fingerprint density at radius 3 is 2.65 bits per heavy atom. The number of nitrogens with one attached hydrogen (secondary N) is 2. The molecule has 1 aromatic heterocycles. The molecule has 0 aliphatic carbocycles. The standard InChI is InChI=1S/C20H25N3O3/c1-3-5-8-12-22-19(24)15-11-13-21-17(14-15)20(25)23-16-9-6-7-10-18(16)26-4-2/h6-7,9-11,13-14H,3-5,8,12H2,1-2H3,(H,22,24)(H,23,25). The van der Waals surface area contributed by atoms with E-state index < -0.39 is 5.91 Å². The summed E-state index contributed by atoms with van der Waals surface area (Å²) >= 11 is 0. The topological polar surface area (TPSA) is 80.3 Å². The number of rotatable bonds is 9. The third-order valence-electron chi connectivity index (χ3n) is 3.76. The molecule has 0 aliphatic rings. The monoisotopic (exact) mass is 355 g/mol. The first-order valence-corrected chi connectivity index (χ1v) is 8.93. The number of hydrogen-bond acceptors (Lipinski definition) is 4. The number of unbranched alkanes of at least 4 members (excludes halogenated alkanes) is 2.